The third kappa shape index (κ3) is 4.47. The van der Waals surface area contributed by atoms with Crippen LogP contribution in [0.25, 0.3) is 0 Å². The Morgan fingerprint density at radius 1 is 1.22 bits per heavy atom. The molecule has 0 spiro atoms. The van der Waals surface area contributed by atoms with Crippen LogP contribution in [0.1, 0.15) is 26.3 Å². The average Bonchev–Trinajstić information content (AvgIpc) is 2.13. The molecule has 0 aliphatic carbocycles. The standard InChI is InChI=1S/C12H13F3IO2/c1-8(17)18-11(2,3)9-6-4-5-7-10(9)16-12(13,14)15/h4-7H,1-3H3/q+1. The van der Waals surface area contributed by atoms with Crippen molar-refractivity contribution < 1.29 is 43.9 Å². The highest BCUT2D eigenvalue weighted by Crippen LogP contribution is 2.24. The normalized spacial score (nSPS) is 12.3. The number of benzene rings is 1. The molecule has 1 aromatic carbocycles. The molecule has 1 aromatic rings. The molecule has 1 rings (SSSR count). The lowest BCUT2D eigenvalue weighted by molar-refractivity contribution is -0.793. The predicted molar refractivity (Wildman–Crippen MR) is 56.0 cm³/mol. The van der Waals surface area contributed by atoms with Crippen molar-refractivity contribution in [3.05, 3.63) is 33.4 Å². The number of carbonyl (C=O) groups is 1. The molecule has 0 heterocycles. The Kier molecular flexibility index (Phi) is 4.63. The highest BCUT2D eigenvalue weighted by atomic mass is 127. The Morgan fingerprint density at radius 3 is 2.28 bits per heavy atom. The van der Waals surface area contributed by atoms with E-state index in [0.717, 1.165) is 0 Å². The molecule has 0 fully saturated rings. The first-order valence-corrected chi connectivity index (χ1v) is 7.29. The Balaban J connectivity index is 3.12. The third-order valence-electron chi connectivity index (χ3n) is 2.13. The first-order valence-electron chi connectivity index (χ1n) is 5.13. The van der Waals surface area contributed by atoms with Gasteiger partial charge in [-0.25, -0.2) is 0 Å². The summed E-state index contributed by atoms with van der Waals surface area (Å²) in [5, 5.41) is 0. The van der Waals surface area contributed by atoms with Gasteiger partial charge in [-0.05, 0) is 19.9 Å². The number of carbonyl (C=O) groups excluding carboxylic acids is 1. The zero-order chi connectivity index (χ0) is 14.0. The van der Waals surface area contributed by atoms with Crippen LogP contribution in [0.2, 0.25) is 0 Å². The van der Waals surface area contributed by atoms with Gasteiger partial charge in [0, 0.05) is 12.5 Å². The summed E-state index contributed by atoms with van der Waals surface area (Å²) >= 11 is -2.12. The van der Waals surface area contributed by atoms with Crippen molar-refractivity contribution in [2.24, 2.45) is 0 Å². The van der Waals surface area contributed by atoms with Gasteiger partial charge in [0.2, 0.25) is 3.57 Å². The number of ether oxygens (including phenoxy) is 1. The molecule has 0 N–H and O–H groups in total. The Hall–Kier alpha value is -0.790. The van der Waals surface area contributed by atoms with E-state index in [4.69, 9.17) is 4.74 Å². The Bertz CT molecular complexity index is 441. The number of alkyl halides is 4. The van der Waals surface area contributed by atoms with Crippen molar-refractivity contribution >= 4 is 5.97 Å². The summed E-state index contributed by atoms with van der Waals surface area (Å²) in [7, 11) is 0. The summed E-state index contributed by atoms with van der Waals surface area (Å²) in [5.41, 5.74) is -0.627. The zero-order valence-corrected chi connectivity index (χ0v) is 12.3. The molecule has 18 heavy (non-hydrogen) atoms. The van der Waals surface area contributed by atoms with Crippen molar-refractivity contribution in [1.82, 2.24) is 0 Å². The van der Waals surface area contributed by atoms with E-state index in [1.807, 2.05) is 0 Å². The topological polar surface area (TPSA) is 26.3 Å². The fourth-order valence-electron chi connectivity index (χ4n) is 1.56. The molecule has 100 valence electrons. The number of hydrogen-bond acceptors (Lipinski definition) is 2. The van der Waals surface area contributed by atoms with Crippen molar-refractivity contribution in [2.45, 2.75) is 30.6 Å². The highest BCUT2D eigenvalue weighted by molar-refractivity contribution is 5.66. The minimum atomic E-state index is -4.18. The Morgan fingerprint density at radius 2 is 1.78 bits per heavy atom. The monoisotopic (exact) mass is 373 g/mol. The van der Waals surface area contributed by atoms with Crippen molar-refractivity contribution in [3.8, 4) is 0 Å². The fraction of sp³-hybridized carbons (Fsp3) is 0.417. The van der Waals surface area contributed by atoms with Crippen LogP contribution in [0, 0.1) is 3.57 Å². The maximum atomic E-state index is 12.5. The molecule has 0 bridgehead atoms. The lowest BCUT2D eigenvalue weighted by Crippen LogP contribution is -3.67. The summed E-state index contributed by atoms with van der Waals surface area (Å²) in [4.78, 5) is 11.0. The third-order valence-corrected chi connectivity index (χ3v) is 4.26. The van der Waals surface area contributed by atoms with Gasteiger partial charge < -0.3 is 4.74 Å². The first kappa shape index (κ1) is 15.3. The van der Waals surface area contributed by atoms with Crippen LogP contribution in [0.3, 0.4) is 0 Å². The van der Waals surface area contributed by atoms with Crippen LogP contribution in [0.15, 0.2) is 24.3 Å². The zero-order valence-electron chi connectivity index (χ0n) is 10.1. The van der Waals surface area contributed by atoms with Gasteiger partial charge in [-0.1, -0.05) is 18.2 Å². The van der Waals surface area contributed by atoms with E-state index in [0.29, 0.717) is 5.56 Å². The lowest BCUT2D eigenvalue weighted by atomic mass is 9.98. The minimum Gasteiger partial charge on any atom is -0.455 e. The van der Waals surface area contributed by atoms with Crippen LogP contribution in [-0.4, -0.2) is 10.2 Å². The molecule has 0 amide bonds. The summed E-state index contributed by atoms with van der Waals surface area (Å²) in [6.07, 6.45) is 0. The fourth-order valence-corrected chi connectivity index (χ4v) is 3.73. The second-order valence-electron chi connectivity index (χ2n) is 4.11. The van der Waals surface area contributed by atoms with Crippen LogP contribution in [-0.2, 0) is 15.1 Å². The number of halogens is 4. The molecule has 0 saturated heterocycles. The largest absolute Gasteiger partial charge is 0.609 e. The van der Waals surface area contributed by atoms with E-state index in [9.17, 15) is 18.0 Å². The van der Waals surface area contributed by atoms with E-state index in [1.165, 1.54) is 13.0 Å². The summed E-state index contributed by atoms with van der Waals surface area (Å²) in [5.74, 6) is -0.514. The predicted octanol–water partition coefficient (Wildman–Crippen LogP) is 0.263. The van der Waals surface area contributed by atoms with Crippen LogP contribution in [0.5, 0.6) is 0 Å². The van der Waals surface area contributed by atoms with Crippen molar-refractivity contribution in [3.63, 3.8) is 0 Å². The highest BCUT2D eigenvalue weighted by Gasteiger charge is 2.50. The number of rotatable bonds is 3. The Labute approximate surface area is 114 Å². The van der Waals surface area contributed by atoms with E-state index in [1.54, 1.807) is 32.0 Å². The molecule has 0 aliphatic rings. The van der Waals surface area contributed by atoms with Gasteiger partial charge >= 0.3 is 31.4 Å². The molecule has 2 nitrogen and oxygen atoms in total. The molecular formula is C12H13F3IO2+. The number of esters is 1. The van der Waals surface area contributed by atoms with E-state index in [-0.39, 0.29) is 3.57 Å². The van der Waals surface area contributed by atoms with Gasteiger partial charge in [-0.15, -0.1) is 13.2 Å². The second-order valence-corrected chi connectivity index (χ2v) is 7.03. The van der Waals surface area contributed by atoms with Gasteiger partial charge in [-0.3, -0.25) is 4.79 Å². The molecule has 0 unspecified atom stereocenters. The van der Waals surface area contributed by atoms with Crippen LogP contribution in [0.4, 0.5) is 13.2 Å². The van der Waals surface area contributed by atoms with Gasteiger partial charge in [0.15, 0.2) is 0 Å². The smallest absolute Gasteiger partial charge is 0.455 e. The quantitative estimate of drug-likeness (QED) is 0.432. The van der Waals surface area contributed by atoms with E-state index in [2.05, 4.69) is 0 Å². The van der Waals surface area contributed by atoms with Gasteiger partial charge in [0.25, 0.3) is 0 Å². The molecule has 0 radical (unpaired) electrons. The summed E-state index contributed by atoms with van der Waals surface area (Å²) in [6, 6.07) is 6.23. The summed E-state index contributed by atoms with van der Waals surface area (Å²) in [6.45, 7) is 4.42. The number of hydrogen-bond donors (Lipinski definition) is 0. The minimum absolute atomic E-state index is 0.232. The lowest BCUT2D eigenvalue weighted by Gasteiger charge is -2.24. The summed E-state index contributed by atoms with van der Waals surface area (Å²) < 4.78 is 38.7. The molecule has 6 heteroatoms. The molecule has 0 aliphatic heterocycles. The van der Waals surface area contributed by atoms with Gasteiger partial charge in [0.05, 0.1) is 0 Å². The maximum absolute atomic E-state index is 12.5. The molecule has 0 saturated carbocycles. The SMILES string of the molecule is CC(=O)OC(C)(C)c1ccccc1[I+]C(F)(F)F. The van der Waals surface area contributed by atoms with Crippen molar-refractivity contribution in [2.75, 3.05) is 0 Å². The van der Waals surface area contributed by atoms with E-state index >= 15 is 0 Å². The van der Waals surface area contributed by atoms with Gasteiger partial charge in [0.1, 0.15) is 5.60 Å². The maximum Gasteiger partial charge on any atom is 0.609 e. The molecule has 0 aromatic heterocycles. The molecule has 0 atom stereocenters. The second kappa shape index (κ2) is 5.46. The molecular weight excluding hydrogens is 360 g/mol. The van der Waals surface area contributed by atoms with Crippen LogP contribution >= 0.6 is 0 Å². The first-order chi connectivity index (χ1) is 8.12. The van der Waals surface area contributed by atoms with Crippen LogP contribution < -0.4 is 21.2 Å². The van der Waals surface area contributed by atoms with Gasteiger partial charge in [-0.2, -0.15) is 0 Å². The van der Waals surface area contributed by atoms with E-state index < -0.39 is 37.0 Å². The van der Waals surface area contributed by atoms with Crippen molar-refractivity contribution in [1.29, 1.82) is 0 Å². The average molecular weight is 373 g/mol.